The summed E-state index contributed by atoms with van der Waals surface area (Å²) in [6.07, 6.45) is -1.95. The SMILES string of the molecule is CN1C(=CC(=O)CN2CCCC(C(F)(F)F)C2)C(C)(C)c2ccccc21. The van der Waals surface area contributed by atoms with E-state index in [0.717, 1.165) is 16.9 Å². The maximum absolute atomic E-state index is 13.0. The van der Waals surface area contributed by atoms with Gasteiger partial charge < -0.3 is 4.90 Å². The standard InChI is InChI=1S/C20H25F3N2O/c1-19(2)16-8-4-5-9-17(16)24(3)18(19)11-15(26)13-25-10-6-7-14(12-25)20(21,22)23/h4-5,8-9,11,14H,6-7,10,12-13H2,1-3H3. The Morgan fingerprint density at radius 2 is 2.00 bits per heavy atom. The lowest BCUT2D eigenvalue weighted by Crippen LogP contribution is -2.43. The number of ketones is 1. The zero-order valence-corrected chi connectivity index (χ0v) is 15.4. The molecular weight excluding hydrogens is 341 g/mol. The van der Waals surface area contributed by atoms with Crippen molar-refractivity contribution in [3.05, 3.63) is 41.6 Å². The zero-order valence-electron chi connectivity index (χ0n) is 15.4. The molecule has 0 amide bonds. The normalized spacial score (nSPS) is 24.8. The number of halogens is 3. The first-order chi connectivity index (χ1) is 12.1. The van der Waals surface area contributed by atoms with Crippen LogP contribution in [0.2, 0.25) is 0 Å². The van der Waals surface area contributed by atoms with E-state index in [1.807, 2.05) is 30.1 Å². The molecule has 142 valence electrons. The molecule has 0 bridgehead atoms. The van der Waals surface area contributed by atoms with Gasteiger partial charge in [0, 0.05) is 36.5 Å². The molecule has 0 saturated carbocycles. The monoisotopic (exact) mass is 366 g/mol. The van der Waals surface area contributed by atoms with E-state index in [0.29, 0.717) is 13.0 Å². The van der Waals surface area contributed by atoms with Crippen LogP contribution in [0.5, 0.6) is 0 Å². The van der Waals surface area contributed by atoms with E-state index in [1.165, 1.54) is 0 Å². The van der Waals surface area contributed by atoms with Crippen LogP contribution in [0.1, 0.15) is 32.3 Å². The highest BCUT2D eigenvalue weighted by Crippen LogP contribution is 2.46. The molecule has 3 nitrogen and oxygen atoms in total. The van der Waals surface area contributed by atoms with Gasteiger partial charge in [0.25, 0.3) is 0 Å². The minimum absolute atomic E-state index is 0.0380. The van der Waals surface area contributed by atoms with E-state index in [4.69, 9.17) is 0 Å². The molecule has 1 unspecified atom stereocenters. The Morgan fingerprint density at radius 3 is 2.65 bits per heavy atom. The Morgan fingerprint density at radius 1 is 1.31 bits per heavy atom. The van der Waals surface area contributed by atoms with E-state index in [9.17, 15) is 18.0 Å². The highest BCUT2D eigenvalue weighted by Gasteiger charge is 2.42. The van der Waals surface area contributed by atoms with Gasteiger partial charge in [0.2, 0.25) is 0 Å². The minimum Gasteiger partial charge on any atom is -0.347 e. The van der Waals surface area contributed by atoms with Crippen LogP contribution in [0.4, 0.5) is 18.9 Å². The fourth-order valence-corrected chi connectivity index (χ4v) is 4.14. The van der Waals surface area contributed by atoms with Crippen molar-refractivity contribution < 1.29 is 18.0 Å². The quantitative estimate of drug-likeness (QED) is 0.751. The van der Waals surface area contributed by atoms with E-state index in [-0.39, 0.29) is 30.7 Å². The number of carbonyl (C=O) groups is 1. The van der Waals surface area contributed by atoms with Crippen LogP contribution in [0.3, 0.4) is 0 Å². The molecule has 0 aliphatic carbocycles. The van der Waals surface area contributed by atoms with Gasteiger partial charge in [-0.05, 0) is 31.0 Å². The summed E-state index contributed by atoms with van der Waals surface area (Å²) in [5.74, 6) is -1.47. The summed E-state index contributed by atoms with van der Waals surface area (Å²) < 4.78 is 38.9. The summed E-state index contributed by atoms with van der Waals surface area (Å²) in [6.45, 7) is 4.62. The van der Waals surface area contributed by atoms with Crippen molar-refractivity contribution in [3.8, 4) is 0 Å². The van der Waals surface area contributed by atoms with E-state index >= 15 is 0 Å². The number of piperidine rings is 1. The number of alkyl halides is 3. The predicted octanol–water partition coefficient (Wildman–Crippen LogP) is 4.14. The topological polar surface area (TPSA) is 23.6 Å². The molecule has 1 aromatic carbocycles. The smallest absolute Gasteiger partial charge is 0.347 e. The number of hydrogen-bond donors (Lipinski definition) is 0. The number of likely N-dealkylation sites (tertiary alicyclic amines) is 1. The molecule has 1 aromatic rings. The Kier molecular flexibility index (Phi) is 4.90. The first-order valence-electron chi connectivity index (χ1n) is 8.98. The molecule has 2 aliphatic rings. The molecule has 1 atom stereocenters. The number of nitrogens with zero attached hydrogens (tertiary/aromatic N) is 2. The van der Waals surface area contributed by atoms with Gasteiger partial charge in [-0.25, -0.2) is 0 Å². The van der Waals surface area contributed by atoms with Crippen molar-refractivity contribution in [2.75, 3.05) is 31.6 Å². The van der Waals surface area contributed by atoms with E-state index in [2.05, 4.69) is 19.9 Å². The van der Waals surface area contributed by atoms with E-state index < -0.39 is 12.1 Å². The molecule has 0 N–H and O–H groups in total. The number of allylic oxidation sites excluding steroid dienone is 1. The molecule has 2 aliphatic heterocycles. The molecule has 26 heavy (non-hydrogen) atoms. The van der Waals surface area contributed by atoms with Gasteiger partial charge in [0.15, 0.2) is 5.78 Å². The summed E-state index contributed by atoms with van der Waals surface area (Å²) in [5, 5.41) is 0. The van der Waals surface area contributed by atoms with Crippen LogP contribution in [-0.2, 0) is 10.2 Å². The third-order valence-corrected chi connectivity index (χ3v) is 5.59. The molecule has 1 saturated heterocycles. The van der Waals surface area contributed by atoms with Crippen LogP contribution in [0, 0.1) is 5.92 Å². The Hall–Kier alpha value is -1.82. The number of fused-ring (bicyclic) bond motifs is 1. The number of anilines is 1. The van der Waals surface area contributed by atoms with Crippen molar-refractivity contribution in [1.29, 1.82) is 0 Å². The summed E-state index contributed by atoms with van der Waals surface area (Å²) in [4.78, 5) is 16.2. The molecule has 6 heteroatoms. The Labute approximate surface area is 152 Å². The minimum atomic E-state index is -4.19. The lowest BCUT2D eigenvalue weighted by Gasteiger charge is -2.33. The second-order valence-electron chi connectivity index (χ2n) is 7.81. The molecule has 0 spiro atoms. The fraction of sp³-hybridized carbons (Fsp3) is 0.550. The van der Waals surface area contributed by atoms with Gasteiger partial charge in [-0.3, -0.25) is 9.69 Å². The summed E-state index contributed by atoms with van der Waals surface area (Å²) in [7, 11) is 1.92. The number of hydrogen-bond acceptors (Lipinski definition) is 3. The Bertz CT molecular complexity index is 724. The molecule has 1 fully saturated rings. The molecule has 0 aromatic heterocycles. The van der Waals surface area contributed by atoms with Crippen molar-refractivity contribution in [2.45, 2.75) is 38.3 Å². The van der Waals surface area contributed by atoms with Crippen LogP contribution < -0.4 is 4.90 Å². The number of benzene rings is 1. The number of para-hydroxylation sites is 1. The third-order valence-electron chi connectivity index (χ3n) is 5.59. The fourth-order valence-electron chi connectivity index (χ4n) is 4.14. The maximum atomic E-state index is 13.0. The first-order valence-corrected chi connectivity index (χ1v) is 8.98. The largest absolute Gasteiger partial charge is 0.393 e. The average Bonchev–Trinajstić information content (AvgIpc) is 2.76. The lowest BCUT2D eigenvalue weighted by atomic mass is 9.83. The Balaban J connectivity index is 1.73. The van der Waals surface area contributed by atoms with Crippen molar-refractivity contribution in [3.63, 3.8) is 0 Å². The van der Waals surface area contributed by atoms with Gasteiger partial charge in [0.05, 0.1) is 12.5 Å². The van der Waals surface area contributed by atoms with Gasteiger partial charge in [-0.15, -0.1) is 0 Å². The van der Waals surface area contributed by atoms with Crippen LogP contribution in [0.15, 0.2) is 36.0 Å². The number of rotatable bonds is 3. The second kappa shape index (κ2) is 6.72. The van der Waals surface area contributed by atoms with Gasteiger partial charge >= 0.3 is 6.18 Å². The van der Waals surface area contributed by atoms with E-state index in [1.54, 1.807) is 11.0 Å². The van der Waals surface area contributed by atoms with Gasteiger partial charge in [-0.2, -0.15) is 13.2 Å². The second-order valence-corrected chi connectivity index (χ2v) is 7.81. The molecule has 3 rings (SSSR count). The molecular formula is C20H25F3N2O. The summed E-state index contributed by atoms with van der Waals surface area (Å²) in [6, 6.07) is 8.00. The van der Waals surface area contributed by atoms with Crippen molar-refractivity contribution in [2.24, 2.45) is 5.92 Å². The lowest BCUT2D eigenvalue weighted by molar-refractivity contribution is -0.186. The van der Waals surface area contributed by atoms with Gasteiger partial charge in [-0.1, -0.05) is 32.0 Å². The number of carbonyl (C=O) groups excluding carboxylic acids is 1. The summed E-state index contributed by atoms with van der Waals surface area (Å²) in [5.41, 5.74) is 2.79. The van der Waals surface area contributed by atoms with Crippen LogP contribution >= 0.6 is 0 Å². The third kappa shape index (κ3) is 3.52. The maximum Gasteiger partial charge on any atom is 0.393 e. The molecule has 2 heterocycles. The average molecular weight is 366 g/mol. The predicted molar refractivity (Wildman–Crippen MR) is 96.2 cm³/mol. The first kappa shape index (κ1) is 19.0. The summed E-state index contributed by atoms with van der Waals surface area (Å²) >= 11 is 0. The molecule has 0 radical (unpaired) electrons. The van der Waals surface area contributed by atoms with Crippen molar-refractivity contribution in [1.82, 2.24) is 4.90 Å². The van der Waals surface area contributed by atoms with Gasteiger partial charge in [0.1, 0.15) is 0 Å². The highest BCUT2D eigenvalue weighted by atomic mass is 19.4. The van der Waals surface area contributed by atoms with Crippen LogP contribution in [0.25, 0.3) is 0 Å². The number of likely N-dealkylation sites (N-methyl/N-ethyl adjacent to an activating group) is 1. The zero-order chi connectivity index (χ0) is 19.1. The highest BCUT2D eigenvalue weighted by molar-refractivity contribution is 5.94. The van der Waals surface area contributed by atoms with Crippen molar-refractivity contribution >= 4 is 11.5 Å². The van der Waals surface area contributed by atoms with Crippen LogP contribution in [-0.4, -0.2) is 43.5 Å².